The van der Waals surface area contributed by atoms with E-state index in [0.717, 1.165) is 5.69 Å². The molecule has 0 atom stereocenters. The molecule has 1 N–H and O–H groups in total. The molecule has 1 saturated heterocycles. The van der Waals surface area contributed by atoms with Gasteiger partial charge in [-0.3, -0.25) is 9.59 Å². The topological polar surface area (TPSA) is 52.7 Å². The molecule has 1 aliphatic heterocycles. The van der Waals surface area contributed by atoms with E-state index in [-0.39, 0.29) is 5.91 Å². The predicted molar refractivity (Wildman–Crippen MR) is 89.8 cm³/mol. The fourth-order valence-electron chi connectivity index (χ4n) is 2.31. The van der Waals surface area contributed by atoms with Crippen molar-refractivity contribution in [2.75, 3.05) is 36.4 Å². The van der Waals surface area contributed by atoms with Gasteiger partial charge in [-0.15, -0.1) is 0 Å². The Kier molecular flexibility index (Phi) is 5.42. The molecule has 1 fully saturated rings. The first kappa shape index (κ1) is 17.2. The highest BCUT2D eigenvalue weighted by Crippen LogP contribution is 2.31. The van der Waals surface area contributed by atoms with Gasteiger partial charge in [0.2, 0.25) is 5.91 Å². The molecular weight excluding hydrogens is 349 g/mol. The summed E-state index contributed by atoms with van der Waals surface area (Å²) in [6.45, 7) is 4.20. The Hall–Kier alpha value is -1.17. The Morgan fingerprint density at radius 3 is 2.23 bits per heavy atom. The SMILES string of the molecule is CC(=O)N1CCN(c2ccccc2NC(=O)C(Cl)(Cl)Cl)CC1. The van der Waals surface area contributed by atoms with Crippen LogP contribution < -0.4 is 10.2 Å². The minimum absolute atomic E-state index is 0.0671. The van der Waals surface area contributed by atoms with E-state index in [9.17, 15) is 9.59 Å². The molecule has 2 rings (SSSR count). The standard InChI is InChI=1S/C14H16Cl3N3O2/c1-10(21)19-6-8-20(9-7-19)12-5-3-2-4-11(12)18-13(22)14(15,16)17/h2-5H,6-9H2,1H3,(H,18,22). The zero-order chi connectivity index (χ0) is 16.3. The van der Waals surface area contributed by atoms with Gasteiger partial charge in [0.1, 0.15) is 0 Å². The van der Waals surface area contributed by atoms with Gasteiger partial charge in [0.05, 0.1) is 11.4 Å². The molecule has 2 amide bonds. The van der Waals surface area contributed by atoms with Gasteiger partial charge in [-0.2, -0.15) is 0 Å². The van der Waals surface area contributed by atoms with Crippen molar-refractivity contribution >= 4 is 58.0 Å². The van der Waals surface area contributed by atoms with Crippen molar-refractivity contribution in [1.82, 2.24) is 4.90 Å². The number of benzene rings is 1. The summed E-state index contributed by atoms with van der Waals surface area (Å²) < 4.78 is -2.01. The molecule has 1 aromatic rings. The first-order chi connectivity index (χ1) is 10.3. The molecule has 0 bridgehead atoms. The molecule has 1 heterocycles. The highest BCUT2D eigenvalue weighted by molar-refractivity contribution is 6.76. The third-order valence-electron chi connectivity index (χ3n) is 3.48. The third kappa shape index (κ3) is 4.18. The van der Waals surface area contributed by atoms with Crippen molar-refractivity contribution in [3.63, 3.8) is 0 Å². The fraction of sp³-hybridized carbons (Fsp3) is 0.429. The Labute approximate surface area is 144 Å². The van der Waals surface area contributed by atoms with Crippen LogP contribution in [0.5, 0.6) is 0 Å². The highest BCUT2D eigenvalue weighted by Gasteiger charge is 2.31. The van der Waals surface area contributed by atoms with E-state index in [0.29, 0.717) is 31.9 Å². The molecule has 1 aliphatic rings. The van der Waals surface area contributed by atoms with E-state index in [2.05, 4.69) is 10.2 Å². The number of piperazine rings is 1. The molecule has 0 spiro atoms. The second-order valence-electron chi connectivity index (χ2n) is 4.96. The molecule has 0 radical (unpaired) electrons. The number of para-hydroxylation sites is 2. The van der Waals surface area contributed by atoms with Gasteiger partial charge >= 0.3 is 0 Å². The van der Waals surface area contributed by atoms with Crippen LogP contribution in [0.1, 0.15) is 6.92 Å². The van der Waals surface area contributed by atoms with Crippen LogP contribution in [0.3, 0.4) is 0 Å². The van der Waals surface area contributed by atoms with Crippen molar-refractivity contribution < 1.29 is 9.59 Å². The van der Waals surface area contributed by atoms with Crippen molar-refractivity contribution in [2.45, 2.75) is 10.7 Å². The summed E-state index contributed by atoms with van der Waals surface area (Å²) in [5.74, 6) is -0.634. The van der Waals surface area contributed by atoms with Gasteiger partial charge in [-0.1, -0.05) is 46.9 Å². The van der Waals surface area contributed by atoms with Crippen LogP contribution in [-0.4, -0.2) is 46.7 Å². The quantitative estimate of drug-likeness (QED) is 0.821. The minimum atomic E-state index is -2.01. The summed E-state index contributed by atoms with van der Waals surface area (Å²) in [6, 6.07) is 7.30. The van der Waals surface area contributed by atoms with Crippen LogP contribution in [0.15, 0.2) is 24.3 Å². The molecule has 5 nitrogen and oxygen atoms in total. The number of rotatable bonds is 2. The maximum absolute atomic E-state index is 11.8. The van der Waals surface area contributed by atoms with Gasteiger partial charge < -0.3 is 15.1 Å². The summed E-state index contributed by atoms with van der Waals surface area (Å²) in [4.78, 5) is 27.1. The van der Waals surface area contributed by atoms with E-state index in [4.69, 9.17) is 34.8 Å². The molecule has 120 valence electrons. The Balaban J connectivity index is 2.12. The van der Waals surface area contributed by atoms with Crippen molar-refractivity contribution in [1.29, 1.82) is 0 Å². The van der Waals surface area contributed by atoms with Crippen molar-refractivity contribution in [3.05, 3.63) is 24.3 Å². The van der Waals surface area contributed by atoms with Crippen LogP contribution in [0.2, 0.25) is 0 Å². The van der Waals surface area contributed by atoms with Gasteiger partial charge in [-0.05, 0) is 12.1 Å². The lowest BCUT2D eigenvalue weighted by Crippen LogP contribution is -2.48. The number of carbonyl (C=O) groups excluding carboxylic acids is 2. The van der Waals surface area contributed by atoms with Gasteiger partial charge in [0.25, 0.3) is 9.70 Å². The normalized spacial score (nSPS) is 15.6. The average Bonchev–Trinajstić information content (AvgIpc) is 2.47. The number of hydrogen-bond donors (Lipinski definition) is 1. The van der Waals surface area contributed by atoms with Crippen LogP contribution in [0, 0.1) is 0 Å². The fourth-order valence-corrected chi connectivity index (χ4v) is 2.45. The zero-order valence-electron chi connectivity index (χ0n) is 12.0. The number of alkyl halides is 3. The Morgan fingerprint density at radius 2 is 1.68 bits per heavy atom. The summed E-state index contributed by atoms with van der Waals surface area (Å²) in [5, 5.41) is 2.62. The second-order valence-corrected chi connectivity index (χ2v) is 7.24. The lowest BCUT2D eigenvalue weighted by Gasteiger charge is -2.36. The molecule has 0 unspecified atom stereocenters. The van der Waals surface area contributed by atoms with Crippen LogP contribution >= 0.6 is 34.8 Å². The van der Waals surface area contributed by atoms with E-state index in [1.807, 2.05) is 12.1 Å². The third-order valence-corrected chi connectivity index (χ3v) is 3.99. The lowest BCUT2D eigenvalue weighted by molar-refractivity contribution is -0.129. The molecule has 8 heteroatoms. The highest BCUT2D eigenvalue weighted by atomic mass is 35.6. The van der Waals surface area contributed by atoms with E-state index < -0.39 is 9.70 Å². The number of carbonyl (C=O) groups is 2. The summed E-state index contributed by atoms with van der Waals surface area (Å²) in [7, 11) is 0. The molecule has 1 aromatic carbocycles. The van der Waals surface area contributed by atoms with Crippen LogP contribution in [0.4, 0.5) is 11.4 Å². The Bertz CT molecular complexity index is 567. The first-order valence-electron chi connectivity index (χ1n) is 6.76. The number of anilines is 2. The van der Waals surface area contributed by atoms with E-state index in [1.54, 1.807) is 24.0 Å². The molecule has 0 saturated carbocycles. The number of hydrogen-bond acceptors (Lipinski definition) is 3. The number of amides is 2. The molecule has 0 aliphatic carbocycles. The average molecular weight is 365 g/mol. The Morgan fingerprint density at radius 1 is 1.09 bits per heavy atom. The van der Waals surface area contributed by atoms with Crippen LogP contribution in [0.25, 0.3) is 0 Å². The molecule has 22 heavy (non-hydrogen) atoms. The molecular formula is C14H16Cl3N3O2. The summed E-state index contributed by atoms with van der Waals surface area (Å²) in [5.41, 5.74) is 1.42. The van der Waals surface area contributed by atoms with Crippen molar-refractivity contribution in [2.24, 2.45) is 0 Å². The van der Waals surface area contributed by atoms with E-state index >= 15 is 0 Å². The number of halogens is 3. The summed E-state index contributed by atoms with van der Waals surface area (Å²) >= 11 is 16.8. The minimum Gasteiger partial charge on any atom is -0.366 e. The number of nitrogens with one attached hydrogen (secondary N) is 1. The predicted octanol–water partition coefficient (Wildman–Crippen LogP) is 2.66. The molecule has 0 aromatic heterocycles. The summed E-state index contributed by atoms with van der Waals surface area (Å²) in [6.07, 6.45) is 0. The number of nitrogens with zero attached hydrogens (tertiary/aromatic N) is 2. The zero-order valence-corrected chi connectivity index (χ0v) is 14.3. The van der Waals surface area contributed by atoms with E-state index in [1.165, 1.54) is 0 Å². The largest absolute Gasteiger partial charge is 0.366 e. The van der Waals surface area contributed by atoms with Crippen LogP contribution in [-0.2, 0) is 9.59 Å². The lowest BCUT2D eigenvalue weighted by atomic mass is 10.2. The monoisotopic (exact) mass is 363 g/mol. The van der Waals surface area contributed by atoms with Gasteiger partial charge in [0, 0.05) is 33.1 Å². The maximum atomic E-state index is 11.8. The smallest absolute Gasteiger partial charge is 0.276 e. The first-order valence-corrected chi connectivity index (χ1v) is 7.90. The van der Waals surface area contributed by atoms with Gasteiger partial charge in [0.15, 0.2) is 0 Å². The maximum Gasteiger partial charge on any atom is 0.276 e. The second kappa shape index (κ2) is 6.94. The van der Waals surface area contributed by atoms with Crippen molar-refractivity contribution in [3.8, 4) is 0 Å². The van der Waals surface area contributed by atoms with Gasteiger partial charge in [-0.25, -0.2) is 0 Å².